The minimum absolute atomic E-state index is 0.477. The van der Waals surface area contributed by atoms with Crippen LogP contribution in [0.4, 0.5) is 0 Å². The van der Waals surface area contributed by atoms with E-state index in [1.54, 1.807) is 0 Å². The van der Waals surface area contributed by atoms with E-state index < -0.39 is 5.41 Å². The van der Waals surface area contributed by atoms with Crippen LogP contribution in [-0.2, 0) is 5.41 Å². The predicted octanol–water partition coefficient (Wildman–Crippen LogP) is 14.5. The van der Waals surface area contributed by atoms with Crippen LogP contribution in [0, 0.1) is 0 Å². The first-order valence-corrected chi connectivity index (χ1v) is 19.2. The third-order valence-electron chi connectivity index (χ3n) is 12.0. The molecule has 0 saturated carbocycles. The molecule has 1 aliphatic rings. The molecular weight excluding hydrogens is 661 g/mol. The lowest BCUT2D eigenvalue weighted by molar-refractivity contribution is 0.769. The molecule has 0 aromatic heterocycles. The van der Waals surface area contributed by atoms with Crippen LogP contribution in [0.5, 0.6) is 0 Å². The van der Waals surface area contributed by atoms with Gasteiger partial charge < -0.3 is 0 Å². The Kier molecular flexibility index (Phi) is 7.19. The van der Waals surface area contributed by atoms with Gasteiger partial charge in [-0.1, -0.05) is 200 Å². The molecule has 0 amide bonds. The minimum Gasteiger partial charge on any atom is -0.0622 e. The summed E-state index contributed by atoms with van der Waals surface area (Å²) in [4.78, 5) is 0. The maximum absolute atomic E-state index is 2.53. The Bertz CT molecular complexity index is 3020. The zero-order valence-electron chi connectivity index (χ0n) is 30.3. The average Bonchev–Trinajstić information content (AvgIpc) is 3.55. The van der Waals surface area contributed by atoms with Gasteiger partial charge in [-0.3, -0.25) is 0 Å². The summed E-state index contributed by atoms with van der Waals surface area (Å²) in [5.74, 6) is 0. The van der Waals surface area contributed by atoms with Crippen LogP contribution in [0.2, 0.25) is 0 Å². The largest absolute Gasteiger partial charge is 0.0713 e. The molecule has 256 valence electrons. The number of fused-ring (bicyclic) bond motifs is 6. The molecule has 10 aromatic carbocycles. The van der Waals surface area contributed by atoms with Gasteiger partial charge in [0.05, 0.1) is 5.41 Å². The summed E-state index contributed by atoms with van der Waals surface area (Å²) >= 11 is 0. The van der Waals surface area contributed by atoms with E-state index in [1.165, 1.54) is 99.1 Å². The quantitative estimate of drug-likeness (QED) is 0.168. The molecule has 0 saturated heterocycles. The van der Waals surface area contributed by atoms with Gasteiger partial charge in [0.1, 0.15) is 0 Å². The normalized spacial score (nSPS) is 12.9. The molecule has 0 aliphatic heterocycles. The first kappa shape index (κ1) is 31.5. The Morgan fingerprint density at radius 2 is 0.782 bits per heavy atom. The highest BCUT2D eigenvalue weighted by molar-refractivity contribution is 6.12. The smallest absolute Gasteiger partial charge is 0.0622 e. The number of benzene rings is 10. The van der Waals surface area contributed by atoms with Crippen LogP contribution in [-0.4, -0.2) is 0 Å². The fourth-order valence-corrected chi connectivity index (χ4v) is 9.44. The van der Waals surface area contributed by atoms with Gasteiger partial charge in [-0.05, 0) is 117 Å². The molecule has 0 heterocycles. The summed E-state index contributed by atoms with van der Waals surface area (Å²) in [6, 6.07) is 81.0. The van der Waals surface area contributed by atoms with Crippen molar-refractivity contribution in [2.45, 2.75) is 5.41 Å². The van der Waals surface area contributed by atoms with Crippen molar-refractivity contribution in [3.8, 4) is 44.5 Å². The SMILES string of the molecule is c1ccc(C2(c3ccccc3)c3ccccc3-c3cc4c(-c5cccc6ccccc56)ccc(-c5ccc(-c6ccc7ccccc7c6)cc5)c4cc32)cc1. The lowest BCUT2D eigenvalue weighted by atomic mass is 9.67. The molecule has 0 heteroatoms. The molecule has 0 atom stereocenters. The van der Waals surface area contributed by atoms with Crippen molar-refractivity contribution in [3.63, 3.8) is 0 Å². The van der Waals surface area contributed by atoms with Gasteiger partial charge in [0.2, 0.25) is 0 Å². The highest BCUT2D eigenvalue weighted by atomic mass is 14.5. The van der Waals surface area contributed by atoms with Gasteiger partial charge in [-0.2, -0.15) is 0 Å². The lowest BCUT2D eigenvalue weighted by Crippen LogP contribution is -2.28. The van der Waals surface area contributed by atoms with Crippen molar-refractivity contribution in [1.82, 2.24) is 0 Å². The first-order chi connectivity index (χ1) is 27.3. The van der Waals surface area contributed by atoms with Crippen molar-refractivity contribution >= 4 is 32.3 Å². The molecule has 0 unspecified atom stereocenters. The summed E-state index contributed by atoms with van der Waals surface area (Å²) in [6.07, 6.45) is 0. The molecular formula is C55H36. The van der Waals surface area contributed by atoms with E-state index in [0.717, 1.165) is 0 Å². The van der Waals surface area contributed by atoms with Crippen LogP contribution in [0.15, 0.2) is 218 Å². The number of hydrogen-bond acceptors (Lipinski definition) is 0. The fourth-order valence-electron chi connectivity index (χ4n) is 9.44. The van der Waals surface area contributed by atoms with Crippen molar-refractivity contribution < 1.29 is 0 Å². The van der Waals surface area contributed by atoms with E-state index in [0.29, 0.717) is 0 Å². The second kappa shape index (κ2) is 12.5. The van der Waals surface area contributed by atoms with Gasteiger partial charge in [-0.25, -0.2) is 0 Å². The molecule has 0 fully saturated rings. The molecule has 11 rings (SSSR count). The molecule has 0 radical (unpaired) electrons. The van der Waals surface area contributed by atoms with Gasteiger partial charge in [0.25, 0.3) is 0 Å². The number of hydrogen-bond donors (Lipinski definition) is 0. The topological polar surface area (TPSA) is 0 Å². The van der Waals surface area contributed by atoms with Crippen LogP contribution in [0.1, 0.15) is 22.3 Å². The van der Waals surface area contributed by atoms with Gasteiger partial charge in [0, 0.05) is 0 Å². The fraction of sp³-hybridized carbons (Fsp3) is 0.0182. The van der Waals surface area contributed by atoms with E-state index >= 15 is 0 Å². The minimum atomic E-state index is -0.477. The van der Waals surface area contributed by atoms with E-state index in [4.69, 9.17) is 0 Å². The Morgan fingerprint density at radius 1 is 0.236 bits per heavy atom. The molecule has 0 spiro atoms. The summed E-state index contributed by atoms with van der Waals surface area (Å²) in [7, 11) is 0. The Balaban J connectivity index is 1.20. The number of rotatable bonds is 5. The van der Waals surface area contributed by atoms with Crippen LogP contribution in [0.3, 0.4) is 0 Å². The molecule has 0 bridgehead atoms. The standard InChI is InChI=1S/C55H36/c1-3-18-43(19-4-1)55(44-20-5-2-6-21-44)53-25-12-11-23-49(53)52-35-50-48(47-24-13-17-39-15-9-10-22-45(39)47)33-32-46(51(50)36-54(52)55)40-29-26-38(27-30-40)42-31-28-37-14-7-8-16-41(37)34-42/h1-36H. The Labute approximate surface area is 321 Å². The summed E-state index contributed by atoms with van der Waals surface area (Å²) in [5.41, 5.74) is 14.7. The zero-order chi connectivity index (χ0) is 36.3. The van der Waals surface area contributed by atoms with Crippen molar-refractivity contribution in [2.75, 3.05) is 0 Å². The van der Waals surface area contributed by atoms with E-state index in [-0.39, 0.29) is 0 Å². The Hall–Kier alpha value is -7.02. The van der Waals surface area contributed by atoms with E-state index in [1.807, 2.05) is 0 Å². The van der Waals surface area contributed by atoms with Gasteiger partial charge >= 0.3 is 0 Å². The molecule has 55 heavy (non-hydrogen) atoms. The molecule has 0 nitrogen and oxygen atoms in total. The Morgan fingerprint density at radius 3 is 1.56 bits per heavy atom. The lowest BCUT2D eigenvalue weighted by Gasteiger charge is -2.34. The summed E-state index contributed by atoms with van der Waals surface area (Å²) in [6.45, 7) is 0. The van der Waals surface area contributed by atoms with E-state index in [2.05, 4.69) is 218 Å². The van der Waals surface area contributed by atoms with Crippen LogP contribution < -0.4 is 0 Å². The predicted molar refractivity (Wildman–Crippen MR) is 233 cm³/mol. The first-order valence-electron chi connectivity index (χ1n) is 19.2. The van der Waals surface area contributed by atoms with Crippen molar-refractivity contribution in [3.05, 3.63) is 241 Å². The monoisotopic (exact) mass is 696 g/mol. The summed E-state index contributed by atoms with van der Waals surface area (Å²) in [5, 5.41) is 7.55. The molecule has 10 aromatic rings. The third kappa shape index (κ3) is 4.85. The summed E-state index contributed by atoms with van der Waals surface area (Å²) < 4.78 is 0. The average molecular weight is 697 g/mol. The maximum Gasteiger partial charge on any atom is 0.0713 e. The van der Waals surface area contributed by atoms with E-state index in [9.17, 15) is 0 Å². The second-order valence-corrected chi connectivity index (χ2v) is 14.8. The second-order valence-electron chi connectivity index (χ2n) is 14.8. The van der Waals surface area contributed by atoms with Crippen LogP contribution >= 0.6 is 0 Å². The third-order valence-corrected chi connectivity index (χ3v) is 12.0. The zero-order valence-corrected chi connectivity index (χ0v) is 30.3. The van der Waals surface area contributed by atoms with Gasteiger partial charge in [-0.15, -0.1) is 0 Å². The molecule has 0 N–H and O–H groups in total. The van der Waals surface area contributed by atoms with Gasteiger partial charge in [0.15, 0.2) is 0 Å². The maximum atomic E-state index is 2.53. The highest BCUT2D eigenvalue weighted by Crippen LogP contribution is 2.57. The highest BCUT2D eigenvalue weighted by Gasteiger charge is 2.46. The van der Waals surface area contributed by atoms with Crippen molar-refractivity contribution in [1.29, 1.82) is 0 Å². The molecule has 1 aliphatic carbocycles. The van der Waals surface area contributed by atoms with Crippen LogP contribution in [0.25, 0.3) is 76.8 Å². The van der Waals surface area contributed by atoms with Crippen molar-refractivity contribution in [2.24, 2.45) is 0 Å².